The summed E-state index contributed by atoms with van der Waals surface area (Å²) >= 11 is 0.859. The SMILES string of the molecule is NC1(O)OS1. The summed E-state index contributed by atoms with van der Waals surface area (Å²) in [6.07, 6.45) is 0. The van der Waals surface area contributed by atoms with E-state index >= 15 is 0 Å². The lowest BCUT2D eigenvalue weighted by atomic mass is 11.2. The summed E-state index contributed by atoms with van der Waals surface area (Å²) in [5.74, 6) is 0. The van der Waals surface area contributed by atoms with Crippen LogP contribution in [0.25, 0.3) is 0 Å². The van der Waals surface area contributed by atoms with Crippen molar-refractivity contribution < 1.29 is 9.29 Å². The van der Waals surface area contributed by atoms with Gasteiger partial charge in [-0.05, 0) is 0 Å². The summed E-state index contributed by atoms with van der Waals surface area (Å²) in [4.78, 5) is 0. The van der Waals surface area contributed by atoms with Crippen molar-refractivity contribution in [2.24, 2.45) is 5.73 Å². The number of hydrogen-bond donors (Lipinski definition) is 2. The zero-order chi connectivity index (χ0) is 3.91. The Labute approximate surface area is 33.3 Å². The average molecular weight is 93.1 g/mol. The first-order valence-corrected chi connectivity index (χ1v) is 1.83. The highest BCUT2D eigenvalue weighted by Crippen LogP contribution is 2.38. The van der Waals surface area contributed by atoms with Gasteiger partial charge in [0.25, 0.3) is 0 Å². The van der Waals surface area contributed by atoms with E-state index in [1.807, 2.05) is 0 Å². The van der Waals surface area contributed by atoms with E-state index in [1.165, 1.54) is 0 Å². The van der Waals surface area contributed by atoms with Crippen LogP contribution in [0.2, 0.25) is 0 Å². The lowest BCUT2D eigenvalue weighted by molar-refractivity contribution is 0.0433. The van der Waals surface area contributed by atoms with Crippen LogP contribution >= 0.6 is 12.0 Å². The van der Waals surface area contributed by atoms with Gasteiger partial charge in [-0.1, -0.05) is 0 Å². The second kappa shape index (κ2) is 0.652. The minimum atomic E-state index is -1.33. The zero-order valence-electron chi connectivity index (χ0n) is 2.34. The van der Waals surface area contributed by atoms with Gasteiger partial charge >= 0.3 is 5.24 Å². The summed E-state index contributed by atoms with van der Waals surface area (Å²) in [7, 11) is 0. The van der Waals surface area contributed by atoms with Crippen LogP contribution in [0.4, 0.5) is 0 Å². The van der Waals surface area contributed by atoms with E-state index in [0.717, 1.165) is 12.0 Å². The van der Waals surface area contributed by atoms with Crippen molar-refractivity contribution in [3.8, 4) is 0 Å². The van der Waals surface area contributed by atoms with Crippen LogP contribution in [0.3, 0.4) is 0 Å². The quantitative estimate of drug-likeness (QED) is 0.234. The molecule has 3 nitrogen and oxygen atoms in total. The minimum Gasteiger partial charge on any atom is -0.342 e. The number of rotatable bonds is 0. The lowest BCUT2D eigenvalue weighted by Gasteiger charge is -1.79. The van der Waals surface area contributed by atoms with Crippen LogP contribution in [0.1, 0.15) is 0 Å². The first-order valence-electron chi connectivity index (χ1n) is 1.09. The summed E-state index contributed by atoms with van der Waals surface area (Å²) in [6, 6.07) is 0. The average Bonchev–Trinajstić information content (AvgIpc) is 1.76. The van der Waals surface area contributed by atoms with Crippen molar-refractivity contribution in [2.75, 3.05) is 0 Å². The third kappa shape index (κ3) is 0.769. The Morgan fingerprint density at radius 1 is 2.00 bits per heavy atom. The molecule has 1 fully saturated rings. The molecule has 0 saturated carbocycles. The summed E-state index contributed by atoms with van der Waals surface area (Å²) in [5.41, 5.74) is 4.76. The molecule has 0 spiro atoms. The van der Waals surface area contributed by atoms with Crippen molar-refractivity contribution in [3.05, 3.63) is 0 Å². The number of hydrogen-bond acceptors (Lipinski definition) is 4. The first-order chi connectivity index (χ1) is 2.21. The highest BCUT2D eigenvalue weighted by Gasteiger charge is 2.40. The number of nitrogens with two attached hydrogens (primary N) is 1. The van der Waals surface area contributed by atoms with E-state index < -0.39 is 5.24 Å². The molecule has 0 radical (unpaired) electrons. The molecule has 1 unspecified atom stereocenters. The molecule has 4 heteroatoms. The molecule has 0 aromatic heterocycles. The van der Waals surface area contributed by atoms with Crippen LogP contribution in [0, 0.1) is 0 Å². The highest BCUT2D eigenvalue weighted by atomic mass is 32.2. The molecule has 1 heterocycles. The van der Waals surface area contributed by atoms with Crippen LogP contribution in [-0.2, 0) is 4.18 Å². The maximum atomic E-state index is 8.15. The highest BCUT2D eigenvalue weighted by molar-refractivity contribution is 8.01. The van der Waals surface area contributed by atoms with Gasteiger partial charge in [0.05, 0.1) is 12.0 Å². The Balaban J connectivity index is 2.38. The lowest BCUT2D eigenvalue weighted by Crippen LogP contribution is -2.18. The fourth-order valence-electron chi connectivity index (χ4n) is 0.0427. The van der Waals surface area contributed by atoms with Gasteiger partial charge in [0.2, 0.25) is 0 Å². The molecule has 0 aromatic carbocycles. The van der Waals surface area contributed by atoms with Gasteiger partial charge in [0.1, 0.15) is 0 Å². The van der Waals surface area contributed by atoms with Crippen LogP contribution in [0.5, 0.6) is 0 Å². The van der Waals surface area contributed by atoms with Crippen molar-refractivity contribution in [1.29, 1.82) is 0 Å². The van der Waals surface area contributed by atoms with Crippen molar-refractivity contribution in [2.45, 2.75) is 5.24 Å². The van der Waals surface area contributed by atoms with Gasteiger partial charge in [0.15, 0.2) is 0 Å². The maximum absolute atomic E-state index is 8.15. The zero-order valence-corrected chi connectivity index (χ0v) is 3.16. The van der Waals surface area contributed by atoms with Crippen molar-refractivity contribution >= 4 is 12.0 Å². The van der Waals surface area contributed by atoms with E-state index in [2.05, 4.69) is 4.18 Å². The summed E-state index contributed by atoms with van der Waals surface area (Å²) in [5, 5.41) is 6.82. The van der Waals surface area contributed by atoms with Gasteiger partial charge in [-0.15, -0.1) is 0 Å². The number of aliphatic hydroxyl groups is 1. The monoisotopic (exact) mass is 93.0 g/mol. The molecule has 0 bridgehead atoms. The minimum absolute atomic E-state index is 0.859. The molecule has 0 aliphatic carbocycles. The van der Waals surface area contributed by atoms with E-state index in [9.17, 15) is 0 Å². The molecule has 1 atom stereocenters. The topological polar surface area (TPSA) is 58.8 Å². The maximum Gasteiger partial charge on any atom is 0.312 e. The van der Waals surface area contributed by atoms with Gasteiger partial charge in [-0.25, -0.2) is 4.18 Å². The van der Waals surface area contributed by atoms with E-state index in [0.29, 0.717) is 0 Å². The molecule has 1 aliphatic rings. The standard InChI is InChI=1S/CH3NO2S/c2-1(3)4-5-1/h3H,2H2. The van der Waals surface area contributed by atoms with Gasteiger partial charge < -0.3 is 5.11 Å². The molecule has 0 aromatic rings. The summed E-state index contributed by atoms with van der Waals surface area (Å²) in [6.45, 7) is 0. The molecule has 1 saturated heterocycles. The second-order valence-corrected chi connectivity index (χ2v) is 1.72. The predicted molar refractivity (Wildman–Crippen MR) is 17.8 cm³/mol. The van der Waals surface area contributed by atoms with Crippen molar-refractivity contribution in [3.63, 3.8) is 0 Å². The normalized spacial score (nSPS) is 49.2. The van der Waals surface area contributed by atoms with Gasteiger partial charge in [-0.3, -0.25) is 5.73 Å². The molecule has 30 valence electrons. The Morgan fingerprint density at radius 2 is 2.20 bits per heavy atom. The van der Waals surface area contributed by atoms with E-state index in [1.54, 1.807) is 0 Å². The van der Waals surface area contributed by atoms with Crippen LogP contribution in [-0.4, -0.2) is 10.3 Å². The summed E-state index contributed by atoms with van der Waals surface area (Å²) < 4.78 is 4.15. The third-order valence-corrected chi connectivity index (χ3v) is 0.762. The smallest absolute Gasteiger partial charge is 0.312 e. The molecule has 0 amide bonds. The fraction of sp³-hybridized carbons (Fsp3) is 1.00. The Morgan fingerprint density at radius 3 is 2.20 bits per heavy atom. The third-order valence-electron chi connectivity index (χ3n) is 0.254. The Bertz CT molecular complexity index is 47.6. The Kier molecular flexibility index (Phi) is 0.446. The molecular weight excluding hydrogens is 90.1 g/mol. The first kappa shape index (κ1) is 3.42. The van der Waals surface area contributed by atoms with Crippen LogP contribution < -0.4 is 5.73 Å². The van der Waals surface area contributed by atoms with E-state index in [-0.39, 0.29) is 0 Å². The fourth-order valence-corrected chi connectivity index (χ4v) is 0.128. The molecule has 3 N–H and O–H groups in total. The molecule has 1 rings (SSSR count). The van der Waals surface area contributed by atoms with E-state index in [4.69, 9.17) is 10.8 Å². The molecular formula is CH3NO2S. The Hall–Kier alpha value is 0.230. The molecule has 5 heavy (non-hydrogen) atoms. The predicted octanol–water partition coefficient (Wildman–Crippen LogP) is -0.773. The largest absolute Gasteiger partial charge is 0.342 e. The van der Waals surface area contributed by atoms with Gasteiger partial charge in [0, 0.05) is 0 Å². The van der Waals surface area contributed by atoms with Gasteiger partial charge in [-0.2, -0.15) is 0 Å². The van der Waals surface area contributed by atoms with Crippen LogP contribution in [0.15, 0.2) is 0 Å². The molecule has 1 aliphatic heterocycles. The van der Waals surface area contributed by atoms with Crippen molar-refractivity contribution in [1.82, 2.24) is 0 Å². The second-order valence-electron chi connectivity index (χ2n) is 0.797.